The molecule has 3 rings (SSSR count). The summed E-state index contributed by atoms with van der Waals surface area (Å²) in [5.74, 6) is 0.769. The first-order valence-electron chi connectivity index (χ1n) is 9.36. The molecule has 0 N–H and O–H groups in total. The minimum absolute atomic E-state index is 0.320. The Morgan fingerprint density at radius 2 is 1.86 bits per heavy atom. The summed E-state index contributed by atoms with van der Waals surface area (Å²) in [6.07, 6.45) is 1.15. The molecular formula is C21H24BrCl2NO3S. The monoisotopic (exact) mass is 519 g/mol. The van der Waals surface area contributed by atoms with E-state index in [0.717, 1.165) is 35.6 Å². The van der Waals surface area contributed by atoms with Gasteiger partial charge in [-0.05, 0) is 50.1 Å². The summed E-state index contributed by atoms with van der Waals surface area (Å²) in [6, 6.07) is 14.2. The third-order valence-corrected chi connectivity index (χ3v) is 6.06. The number of carbonyl (C=O) groups is 1. The number of halogens is 3. The van der Waals surface area contributed by atoms with Crippen LogP contribution in [-0.4, -0.2) is 37.1 Å². The summed E-state index contributed by atoms with van der Waals surface area (Å²) in [5, 5.41) is 1.73. The van der Waals surface area contributed by atoms with Crippen molar-refractivity contribution in [3.05, 3.63) is 47.5 Å². The second kappa shape index (κ2) is 13.3. The maximum absolute atomic E-state index is 11.3. The van der Waals surface area contributed by atoms with Crippen molar-refractivity contribution in [2.75, 3.05) is 35.9 Å². The molecule has 0 saturated carbocycles. The topological polar surface area (TPSA) is 38.8 Å². The lowest BCUT2D eigenvalue weighted by atomic mass is 10.2. The van der Waals surface area contributed by atoms with Crippen LogP contribution in [-0.2, 0) is 9.47 Å². The van der Waals surface area contributed by atoms with Crippen molar-refractivity contribution >= 4 is 68.4 Å². The van der Waals surface area contributed by atoms with Crippen LogP contribution in [0.3, 0.4) is 0 Å². The van der Waals surface area contributed by atoms with Crippen molar-refractivity contribution in [1.29, 1.82) is 0 Å². The highest BCUT2D eigenvalue weighted by Gasteiger charge is 2.23. The molecule has 0 radical (unpaired) electrons. The molecule has 1 aliphatic rings. The average Bonchev–Trinajstić information content (AvgIpc) is 2.72. The van der Waals surface area contributed by atoms with E-state index >= 15 is 0 Å². The Bertz CT molecular complexity index is 792. The number of alkyl halides is 2. The third-order valence-electron chi connectivity index (χ3n) is 3.86. The lowest BCUT2D eigenvalue weighted by Gasteiger charge is -2.32. The number of benzene rings is 2. The number of ether oxygens (including phenoxy) is 2. The van der Waals surface area contributed by atoms with Gasteiger partial charge in [-0.2, -0.15) is 0 Å². The van der Waals surface area contributed by atoms with Gasteiger partial charge in [-0.3, -0.25) is 0 Å². The molecule has 0 spiro atoms. The Hall–Kier alpha value is -1.08. The average molecular weight is 521 g/mol. The van der Waals surface area contributed by atoms with Crippen molar-refractivity contribution in [2.45, 2.75) is 29.6 Å². The van der Waals surface area contributed by atoms with Gasteiger partial charge in [0.2, 0.25) is 0 Å². The number of anilines is 2. The first-order chi connectivity index (χ1) is 14.1. The van der Waals surface area contributed by atoms with Crippen LogP contribution in [0.25, 0.3) is 0 Å². The molecule has 0 aromatic heterocycles. The van der Waals surface area contributed by atoms with Crippen LogP contribution in [0.2, 0.25) is 5.02 Å². The van der Waals surface area contributed by atoms with Gasteiger partial charge in [-0.25, -0.2) is 4.79 Å². The smallest absolute Gasteiger partial charge is 0.435 e. The summed E-state index contributed by atoms with van der Waals surface area (Å²) in [5.41, 5.74) is 2.23. The summed E-state index contributed by atoms with van der Waals surface area (Å²) in [7, 11) is 0. The highest BCUT2D eigenvalue weighted by atomic mass is 79.9. The molecule has 2 aromatic rings. The van der Waals surface area contributed by atoms with E-state index in [1.165, 1.54) is 9.79 Å². The highest BCUT2D eigenvalue weighted by Crippen LogP contribution is 2.48. The van der Waals surface area contributed by atoms with Crippen molar-refractivity contribution < 1.29 is 14.3 Å². The van der Waals surface area contributed by atoms with Crippen molar-refractivity contribution in [3.8, 4) is 0 Å². The lowest BCUT2D eigenvalue weighted by molar-refractivity contribution is 0.0587. The van der Waals surface area contributed by atoms with Gasteiger partial charge in [0.05, 0.1) is 24.6 Å². The molecule has 1 aliphatic heterocycles. The fourth-order valence-electron chi connectivity index (χ4n) is 2.63. The second-order valence-corrected chi connectivity index (χ2v) is 8.64. The molecule has 0 amide bonds. The molecule has 1 heterocycles. The Morgan fingerprint density at radius 3 is 2.55 bits per heavy atom. The molecule has 0 bridgehead atoms. The van der Waals surface area contributed by atoms with Crippen LogP contribution in [0.4, 0.5) is 16.2 Å². The molecule has 8 heteroatoms. The standard InChI is InChI=1S/C18H18ClNO3S.C3H6BrCl/c1-2-22-18(21)23-11-5-10-20-14-6-3-4-7-16(14)24-17-9-8-13(19)12-15(17)20;4-2-1-3-5/h3-4,6-9,12H,2,5,10-11H2,1H3;1-3H2. The molecule has 0 atom stereocenters. The molecule has 2 aromatic carbocycles. The summed E-state index contributed by atoms with van der Waals surface area (Å²) < 4.78 is 9.82. The number of para-hydroxylation sites is 1. The van der Waals surface area contributed by atoms with Crippen LogP contribution in [0.1, 0.15) is 19.8 Å². The van der Waals surface area contributed by atoms with Gasteiger partial charge in [0.25, 0.3) is 0 Å². The van der Waals surface area contributed by atoms with Gasteiger partial charge in [0.1, 0.15) is 0 Å². The van der Waals surface area contributed by atoms with E-state index in [0.29, 0.717) is 24.7 Å². The third kappa shape index (κ3) is 7.59. The summed E-state index contributed by atoms with van der Waals surface area (Å²) in [4.78, 5) is 15.9. The van der Waals surface area contributed by atoms with Gasteiger partial charge < -0.3 is 14.4 Å². The van der Waals surface area contributed by atoms with E-state index in [1.807, 2.05) is 30.3 Å². The second-order valence-electron chi connectivity index (χ2n) is 5.95. The fourth-order valence-corrected chi connectivity index (χ4v) is 4.61. The fraction of sp³-hybridized carbons (Fsp3) is 0.381. The molecule has 0 saturated heterocycles. The number of rotatable bonds is 7. The first-order valence-corrected chi connectivity index (χ1v) is 12.2. The zero-order valence-corrected chi connectivity index (χ0v) is 20.1. The molecular weight excluding hydrogens is 497 g/mol. The van der Waals surface area contributed by atoms with E-state index < -0.39 is 6.16 Å². The van der Waals surface area contributed by atoms with E-state index in [2.05, 4.69) is 33.0 Å². The van der Waals surface area contributed by atoms with Gasteiger partial charge in [-0.1, -0.05) is 51.4 Å². The van der Waals surface area contributed by atoms with Crippen LogP contribution in [0.15, 0.2) is 52.3 Å². The quantitative estimate of drug-likeness (QED) is 0.214. The Balaban J connectivity index is 0.000000537. The Kier molecular flexibility index (Phi) is 11.1. The molecule has 158 valence electrons. The van der Waals surface area contributed by atoms with Gasteiger partial charge in [0.15, 0.2) is 0 Å². The van der Waals surface area contributed by atoms with E-state index in [-0.39, 0.29) is 0 Å². The number of carbonyl (C=O) groups excluding carboxylic acids is 1. The van der Waals surface area contributed by atoms with Crippen molar-refractivity contribution in [1.82, 2.24) is 0 Å². The summed E-state index contributed by atoms with van der Waals surface area (Å²) in [6.45, 7) is 3.12. The SMILES string of the molecule is CCOC(=O)OCCCN1c2ccccc2Sc2ccc(Cl)cc21.ClCCCBr. The van der Waals surface area contributed by atoms with E-state index in [4.69, 9.17) is 32.7 Å². The number of fused-ring (bicyclic) bond motifs is 2. The first kappa shape index (κ1) is 24.2. The van der Waals surface area contributed by atoms with Crippen LogP contribution in [0, 0.1) is 0 Å². The number of hydrogen-bond acceptors (Lipinski definition) is 5. The van der Waals surface area contributed by atoms with Crippen LogP contribution < -0.4 is 4.90 Å². The van der Waals surface area contributed by atoms with Crippen molar-refractivity contribution in [3.63, 3.8) is 0 Å². The predicted molar refractivity (Wildman–Crippen MR) is 126 cm³/mol. The zero-order chi connectivity index (χ0) is 21.1. The number of hydrogen-bond donors (Lipinski definition) is 0. The molecule has 4 nitrogen and oxygen atoms in total. The largest absolute Gasteiger partial charge is 0.508 e. The Labute approximate surface area is 195 Å². The number of nitrogens with zero attached hydrogens (tertiary/aromatic N) is 1. The lowest BCUT2D eigenvalue weighted by Crippen LogP contribution is -2.23. The highest BCUT2D eigenvalue weighted by molar-refractivity contribution is 9.09. The van der Waals surface area contributed by atoms with E-state index in [9.17, 15) is 4.79 Å². The minimum atomic E-state index is -0.615. The van der Waals surface area contributed by atoms with Crippen LogP contribution in [0.5, 0.6) is 0 Å². The van der Waals surface area contributed by atoms with Crippen molar-refractivity contribution in [2.24, 2.45) is 0 Å². The van der Waals surface area contributed by atoms with Crippen LogP contribution >= 0.6 is 50.9 Å². The zero-order valence-electron chi connectivity index (χ0n) is 16.2. The minimum Gasteiger partial charge on any atom is -0.435 e. The summed E-state index contributed by atoms with van der Waals surface area (Å²) >= 11 is 16.4. The van der Waals surface area contributed by atoms with Gasteiger partial charge in [0, 0.05) is 32.6 Å². The maximum atomic E-state index is 11.3. The van der Waals surface area contributed by atoms with Gasteiger partial charge >= 0.3 is 6.16 Å². The molecule has 0 unspecified atom stereocenters. The van der Waals surface area contributed by atoms with Gasteiger partial charge in [-0.15, -0.1) is 11.6 Å². The maximum Gasteiger partial charge on any atom is 0.508 e. The Morgan fingerprint density at radius 1 is 1.10 bits per heavy atom. The molecule has 29 heavy (non-hydrogen) atoms. The normalized spacial score (nSPS) is 11.7. The van der Waals surface area contributed by atoms with E-state index in [1.54, 1.807) is 18.7 Å². The predicted octanol–water partition coefficient (Wildman–Crippen LogP) is 7.52. The molecule has 0 aliphatic carbocycles. The molecule has 0 fully saturated rings.